The Kier molecular flexibility index (Phi) is 4.69. The number of nitrogens with one attached hydrogen (secondary N) is 1. The molecule has 1 aromatic heterocycles. The summed E-state index contributed by atoms with van der Waals surface area (Å²) in [5, 5.41) is 2.88. The highest BCUT2D eigenvalue weighted by molar-refractivity contribution is 7.80. The molecular weight excluding hydrogens is 286 g/mol. The summed E-state index contributed by atoms with van der Waals surface area (Å²) >= 11 is 11.6. The number of rotatable bonds is 4. The average Bonchev–Trinajstić information content (AvgIpc) is 2.76. The van der Waals surface area contributed by atoms with E-state index in [2.05, 4.69) is 17.9 Å². The Bertz CT molecular complexity index is 536. The molecule has 2 nitrogen and oxygen atoms in total. The van der Waals surface area contributed by atoms with Gasteiger partial charge in [-0.2, -0.15) is 0 Å². The first kappa shape index (κ1) is 13.5. The van der Waals surface area contributed by atoms with Gasteiger partial charge in [-0.05, 0) is 42.8 Å². The molecule has 1 aromatic carbocycles. The summed E-state index contributed by atoms with van der Waals surface area (Å²) in [6.45, 7) is 0.609. The molecule has 0 spiro atoms. The highest BCUT2D eigenvalue weighted by Gasteiger charge is 2.04. The van der Waals surface area contributed by atoms with Crippen LogP contribution in [0.5, 0.6) is 0 Å². The predicted molar refractivity (Wildman–Crippen MR) is 79.1 cm³/mol. The van der Waals surface area contributed by atoms with Crippen LogP contribution in [-0.4, -0.2) is 12.5 Å². The van der Waals surface area contributed by atoms with Gasteiger partial charge >= 0.3 is 0 Å². The summed E-state index contributed by atoms with van der Waals surface area (Å²) in [4.78, 5) is 13.8. The van der Waals surface area contributed by atoms with Gasteiger partial charge in [0.05, 0.1) is 4.34 Å². The molecule has 2 rings (SSSR count). The van der Waals surface area contributed by atoms with E-state index >= 15 is 0 Å². The largest absolute Gasteiger partial charge is 0.352 e. The molecule has 0 aliphatic carbocycles. The number of carbonyl (C=O) groups is 1. The van der Waals surface area contributed by atoms with E-state index in [1.165, 1.54) is 4.88 Å². The molecule has 0 bridgehead atoms. The first-order valence-corrected chi connectivity index (χ1v) is 7.11. The van der Waals surface area contributed by atoms with Crippen molar-refractivity contribution in [2.24, 2.45) is 0 Å². The number of hydrogen-bond donors (Lipinski definition) is 2. The molecule has 0 aliphatic heterocycles. The molecule has 0 atom stereocenters. The zero-order valence-corrected chi connectivity index (χ0v) is 12.0. The predicted octanol–water partition coefficient (Wildman–Crippen LogP) is 3.66. The van der Waals surface area contributed by atoms with Crippen molar-refractivity contribution in [3.63, 3.8) is 0 Å². The van der Waals surface area contributed by atoms with E-state index in [-0.39, 0.29) is 5.91 Å². The Morgan fingerprint density at radius 2 is 1.94 bits per heavy atom. The van der Waals surface area contributed by atoms with Gasteiger partial charge in [-0.3, -0.25) is 4.79 Å². The van der Waals surface area contributed by atoms with Crippen LogP contribution in [0, 0.1) is 0 Å². The molecule has 0 saturated heterocycles. The zero-order valence-electron chi connectivity index (χ0n) is 9.52. The quantitative estimate of drug-likeness (QED) is 0.829. The third-order valence-electron chi connectivity index (χ3n) is 2.42. The maximum Gasteiger partial charge on any atom is 0.251 e. The van der Waals surface area contributed by atoms with Crippen molar-refractivity contribution in [3.05, 3.63) is 51.2 Å². The van der Waals surface area contributed by atoms with E-state index in [1.807, 2.05) is 12.1 Å². The SMILES string of the molecule is O=C(NCCc1ccc(Cl)s1)c1ccc(S)cc1. The fraction of sp³-hybridized carbons (Fsp3) is 0.154. The van der Waals surface area contributed by atoms with Crippen molar-refractivity contribution in [1.29, 1.82) is 0 Å². The number of halogens is 1. The van der Waals surface area contributed by atoms with Gasteiger partial charge in [-0.25, -0.2) is 0 Å². The summed E-state index contributed by atoms with van der Waals surface area (Å²) < 4.78 is 0.778. The average molecular weight is 298 g/mol. The summed E-state index contributed by atoms with van der Waals surface area (Å²) in [6, 6.07) is 11.0. The molecule has 1 N–H and O–H groups in total. The zero-order chi connectivity index (χ0) is 13.0. The molecule has 0 fully saturated rings. The number of thiophene rings is 1. The van der Waals surface area contributed by atoms with Crippen LogP contribution in [0.15, 0.2) is 41.3 Å². The van der Waals surface area contributed by atoms with E-state index in [0.717, 1.165) is 15.7 Å². The Morgan fingerprint density at radius 3 is 2.56 bits per heavy atom. The molecule has 5 heteroatoms. The highest BCUT2D eigenvalue weighted by Crippen LogP contribution is 2.21. The minimum Gasteiger partial charge on any atom is -0.352 e. The van der Waals surface area contributed by atoms with E-state index in [4.69, 9.17) is 11.6 Å². The fourth-order valence-corrected chi connectivity index (χ4v) is 2.74. The third kappa shape index (κ3) is 3.77. The third-order valence-corrected chi connectivity index (χ3v) is 4.00. The minimum absolute atomic E-state index is 0.0639. The van der Waals surface area contributed by atoms with Gasteiger partial charge in [-0.15, -0.1) is 24.0 Å². The summed E-state index contributed by atoms with van der Waals surface area (Å²) in [5.41, 5.74) is 0.650. The standard InChI is InChI=1S/C13H12ClNOS2/c14-12-6-5-11(18-12)7-8-15-13(16)9-1-3-10(17)4-2-9/h1-6,17H,7-8H2,(H,15,16). The summed E-state index contributed by atoms with van der Waals surface area (Å²) in [7, 11) is 0. The number of thiol groups is 1. The molecule has 2 aromatic rings. The molecule has 0 radical (unpaired) electrons. The lowest BCUT2D eigenvalue weighted by Gasteiger charge is -2.04. The normalized spacial score (nSPS) is 10.3. The van der Waals surface area contributed by atoms with Crippen molar-refractivity contribution in [3.8, 4) is 0 Å². The Labute approximate surface area is 120 Å². The first-order valence-electron chi connectivity index (χ1n) is 5.46. The van der Waals surface area contributed by atoms with Crippen molar-refractivity contribution in [2.45, 2.75) is 11.3 Å². The lowest BCUT2D eigenvalue weighted by molar-refractivity contribution is 0.0954. The van der Waals surface area contributed by atoms with Gasteiger partial charge in [0.25, 0.3) is 5.91 Å². The second-order valence-corrected chi connectivity index (χ2v) is 6.07. The molecule has 0 unspecified atom stereocenters. The maximum absolute atomic E-state index is 11.8. The van der Waals surface area contributed by atoms with Crippen LogP contribution in [0.1, 0.15) is 15.2 Å². The molecule has 1 amide bonds. The van der Waals surface area contributed by atoms with Gasteiger partial charge in [0.2, 0.25) is 0 Å². The topological polar surface area (TPSA) is 29.1 Å². The molecular formula is C13H12ClNOS2. The Morgan fingerprint density at radius 1 is 1.22 bits per heavy atom. The number of benzene rings is 1. The lowest BCUT2D eigenvalue weighted by atomic mass is 10.2. The molecule has 1 heterocycles. The molecule has 94 valence electrons. The van der Waals surface area contributed by atoms with E-state index in [9.17, 15) is 4.79 Å². The molecule has 0 saturated carbocycles. The summed E-state index contributed by atoms with van der Waals surface area (Å²) in [5.74, 6) is -0.0639. The maximum atomic E-state index is 11.8. The Balaban J connectivity index is 1.83. The van der Waals surface area contributed by atoms with Gasteiger partial charge in [0.15, 0.2) is 0 Å². The van der Waals surface area contributed by atoms with Crippen molar-refractivity contribution < 1.29 is 4.79 Å². The van der Waals surface area contributed by atoms with Crippen LogP contribution in [-0.2, 0) is 6.42 Å². The molecule has 18 heavy (non-hydrogen) atoms. The fourth-order valence-electron chi connectivity index (χ4n) is 1.50. The van der Waals surface area contributed by atoms with Gasteiger partial charge in [-0.1, -0.05) is 11.6 Å². The van der Waals surface area contributed by atoms with E-state index in [0.29, 0.717) is 12.1 Å². The van der Waals surface area contributed by atoms with Crippen molar-refractivity contribution in [2.75, 3.05) is 6.54 Å². The lowest BCUT2D eigenvalue weighted by Crippen LogP contribution is -2.25. The first-order chi connectivity index (χ1) is 8.65. The summed E-state index contributed by atoms with van der Waals surface area (Å²) in [6.07, 6.45) is 0.799. The van der Waals surface area contributed by atoms with Crippen LogP contribution in [0.3, 0.4) is 0 Å². The van der Waals surface area contributed by atoms with Crippen LogP contribution in [0.2, 0.25) is 4.34 Å². The van der Waals surface area contributed by atoms with Crippen LogP contribution < -0.4 is 5.32 Å². The number of hydrogen-bond acceptors (Lipinski definition) is 3. The molecule has 0 aliphatic rings. The van der Waals surface area contributed by atoms with Gasteiger partial charge in [0.1, 0.15) is 0 Å². The van der Waals surface area contributed by atoms with Crippen LogP contribution in [0.25, 0.3) is 0 Å². The number of carbonyl (C=O) groups excluding carboxylic acids is 1. The van der Waals surface area contributed by atoms with Gasteiger partial charge < -0.3 is 5.32 Å². The minimum atomic E-state index is -0.0639. The number of amides is 1. The monoisotopic (exact) mass is 297 g/mol. The van der Waals surface area contributed by atoms with Crippen LogP contribution >= 0.6 is 35.6 Å². The van der Waals surface area contributed by atoms with Crippen LogP contribution in [0.4, 0.5) is 0 Å². The van der Waals surface area contributed by atoms with Gasteiger partial charge in [0, 0.05) is 21.9 Å². The van der Waals surface area contributed by atoms with E-state index < -0.39 is 0 Å². The van der Waals surface area contributed by atoms with E-state index in [1.54, 1.807) is 35.6 Å². The van der Waals surface area contributed by atoms with Crippen molar-refractivity contribution >= 4 is 41.5 Å². The Hall–Kier alpha value is -0.970. The second-order valence-electron chi connectivity index (χ2n) is 3.76. The van der Waals surface area contributed by atoms with Crippen molar-refractivity contribution in [1.82, 2.24) is 5.32 Å². The smallest absolute Gasteiger partial charge is 0.251 e. The second kappa shape index (κ2) is 6.27. The highest BCUT2D eigenvalue weighted by atomic mass is 35.5.